The molecule has 0 aliphatic heterocycles. The number of halogens is 1. The summed E-state index contributed by atoms with van der Waals surface area (Å²) >= 11 is 0. The molecule has 0 atom stereocenters. The van der Waals surface area contributed by atoms with E-state index >= 15 is 4.39 Å². The number of para-hydroxylation sites is 6. The van der Waals surface area contributed by atoms with Crippen LogP contribution in [0, 0.1) is 28.5 Å². The molecule has 6 nitrogen and oxygen atoms in total. The van der Waals surface area contributed by atoms with Gasteiger partial charge in [0.2, 0.25) is 0 Å². The van der Waals surface area contributed by atoms with Crippen LogP contribution in [0.1, 0.15) is 11.1 Å². The maximum Gasteiger partial charge on any atom is 0.132 e. The average molecular weight is 883 g/mol. The van der Waals surface area contributed by atoms with Gasteiger partial charge in [0.05, 0.1) is 78.8 Å². The molecule has 0 saturated heterocycles. The molecular formula is C62H35FN6. The van der Waals surface area contributed by atoms with Crippen LogP contribution in [0.3, 0.4) is 0 Å². The lowest BCUT2D eigenvalue weighted by Gasteiger charge is -2.21. The Balaban J connectivity index is 1.07. The van der Waals surface area contributed by atoms with Gasteiger partial charge < -0.3 is 18.3 Å². The van der Waals surface area contributed by atoms with Crippen molar-refractivity contribution >= 4 is 87.2 Å². The van der Waals surface area contributed by atoms with E-state index in [9.17, 15) is 10.5 Å². The summed E-state index contributed by atoms with van der Waals surface area (Å²) in [6.45, 7) is 0. The SMILES string of the molecule is N#Cc1ccc(-c2c(-n3c4ccccc4c4cc(-n5c6ccccc6c6ccccc65)ccc43)cc(C#N)cc2-n2c3ccccc3c3cc(-n4c5ccccc5c5ccccc54)ccc32)c(F)c1. The van der Waals surface area contributed by atoms with Crippen LogP contribution >= 0.6 is 0 Å². The monoisotopic (exact) mass is 882 g/mol. The highest BCUT2D eigenvalue weighted by molar-refractivity contribution is 6.15. The van der Waals surface area contributed by atoms with E-state index in [1.807, 2.05) is 36.4 Å². The van der Waals surface area contributed by atoms with Crippen molar-refractivity contribution in [2.24, 2.45) is 0 Å². The molecule has 0 unspecified atom stereocenters. The molecule has 0 fully saturated rings. The number of benzene rings is 10. The zero-order valence-electron chi connectivity index (χ0n) is 36.8. The van der Waals surface area contributed by atoms with Crippen LogP contribution in [-0.4, -0.2) is 18.3 Å². The second-order valence-electron chi connectivity index (χ2n) is 17.7. The summed E-state index contributed by atoms with van der Waals surface area (Å²) in [7, 11) is 0. The minimum Gasteiger partial charge on any atom is -0.309 e. The van der Waals surface area contributed by atoms with Gasteiger partial charge in [0.25, 0.3) is 0 Å². The number of nitrogens with zero attached hydrogens (tertiary/aromatic N) is 6. The Kier molecular flexibility index (Phi) is 8.19. The summed E-state index contributed by atoms with van der Waals surface area (Å²) in [4.78, 5) is 0. The van der Waals surface area contributed by atoms with Crippen LogP contribution in [0.2, 0.25) is 0 Å². The summed E-state index contributed by atoms with van der Waals surface area (Å²) in [6.07, 6.45) is 0. The van der Waals surface area contributed by atoms with Gasteiger partial charge in [0.15, 0.2) is 0 Å². The Morgan fingerprint density at radius 2 is 0.638 bits per heavy atom. The summed E-state index contributed by atoms with van der Waals surface area (Å²) in [5.41, 5.74) is 12.9. The van der Waals surface area contributed by atoms with Crippen molar-refractivity contribution in [2.45, 2.75) is 0 Å². The number of hydrogen-bond donors (Lipinski definition) is 0. The lowest BCUT2D eigenvalue weighted by molar-refractivity contribution is 0.630. The minimum atomic E-state index is -0.537. The maximum atomic E-state index is 17.1. The highest BCUT2D eigenvalue weighted by Crippen LogP contribution is 2.45. The van der Waals surface area contributed by atoms with Gasteiger partial charge in [-0.05, 0) is 103 Å². The fourth-order valence-electron chi connectivity index (χ4n) is 11.2. The van der Waals surface area contributed by atoms with Crippen LogP contribution < -0.4 is 0 Å². The minimum absolute atomic E-state index is 0.219. The molecule has 69 heavy (non-hydrogen) atoms. The third-order valence-electron chi connectivity index (χ3n) is 14.1. The predicted molar refractivity (Wildman–Crippen MR) is 279 cm³/mol. The van der Waals surface area contributed by atoms with Crippen LogP contribution in [-0.2, 0) is 0 Å². The van der Waals surface area contributed by atoms with E-state index in [0.29, 0.717) is 28.1 Å². The zero-order chi connectivity index (χ0) is 45.9. The van der Waals surface area contributed by atoms with Gasteiger partial charge in [0.1, 0.15) is 5.82 Å². The molecule has 0 radical (unpaired) electrons. The second-order valence-corrected chi connectivity index (χ2v) is 17.7. The maximum absolute atomic E-state index is 17.1. The molecule has 0 N–H and O–H groups in total. The number of nitriles is 2. The molecule has 14 rings (SSSR count). The Morgan fingerprint density at radius 3 is 1.00 bits per heavy atom. The molecule has 0 aliphatic carbocycles. The van der Waals surface area contributed by atoms with E-state index in [4.69, 9.17) is 0 Å². The lowest BCUT2D eigenvalue weighted by atomic mass is 9.96. The Bertz CT molecular complexity index is 4240. The summed E-state index contributed by atoms with van der Waals surface area (Å²) < 4.78 is 26.1. The summed E-state index contributed by atoms with van der Waals surface area (Å²) in [5.74, 6) is -0.537. The molecule has 0 saturated carbocycles. The topological polar surface area (TPSA) is 67.3 Å². The van der Waals surface area contributed by atoms with Gasteiger partial charge in [-0.1, -0.05) is 109 Å². The first-order valence-corrected chi connectivity index (χ1v) is 22.9. The summed E-state index contributed by atoms with van der Waals surface area (Å²) in [6, 6.07) is 76.6. The van der Waals surface area contributed by atoms with Crippen molar-refractivity contribution in [3.8, 4) is 46.0 Å². The molecule has 4 heterocycles. The van der Waals surface area contributed by atoms with Crippen molar-refractivity contribution in [1.29, 1.82) is 10.5 Å². The van der Waals surface area contributed by atoms with E-state index in [-0.39, 0.29) is 5.56 Å². The van der Waals surface area contributed by atoms with Gasteiger partial charge in [-0.15, -0.1) is 0 Å². The van der Waals surface area contributed by atoms with Gasteiger partial charge in [-0.2, -0.15) is 10.5 Å². The molecule has 0 aliphatic rings. The van der Waals surface area contributed by atoms with E-state index < -0.39 is 5.82 Å². The molecule has 0 spiro atoms. The first kappa shape index (κ1) is 38.6. The van der Waals surface area contributed by atoms with Crippen LogP contribution in [0.5, 0.6) is 0 Å². The number of aromatic nitrogens is 4. The quantitative estimate of drug-likeness (QED) is 0.173. The normalized spacial score (nSPS) is 11.8. The highest BCUT2D eigenvalue weighted by Gasteiger charge is 2.26. The molecule has 4 aromatic heterocycles. The van der Waals surface area contributed by atoms with Crippen molar-refractivity contribution in [1.82, 2.24) is 18.3 Å². The van der Waals surface area contributed by atoms with Crippen LogP contribution in [0.15, 0.2) is 212 Å². The van der Waals surface area contributed by atoms with E-state index in [2.05, 4.69) is 188 Å². The molecular weight excluding hydrogens is 848 g/mol. The smallest absolute Gasteiger partial charge is 0.132 e. The molecule has 0 amide bonds. The van der Waals surface area contributed by atoms with E-state index in [0.717, 1.165) is 77.1 Å². The third-order valence-corrected chi connectivity index (χ3v) is 14.1. The largest absolute Gasteiger partial charge is 0.309 e. The molecule has 10 aromatic carbocycles. The standard InChI is InChI=1S/C62H35FN6/c63-51-31-38(36-64)25-28-48(51)62-60(68-56-23-11-5-17-46(56)49-34-40(26-29-58(49)68)66-52-19-7-1-13-42(52)43-14-2-8-20-53(43)66)32-39(37-65)33-61(62)69-57-24-12-6-18-47(57)50-35-41(27-30-59(50)69)67-54-21-9-3-15-44(54)45-16-4-10-22-55(45)67/h1-35H. The third kappa shape index (κ3) is 5.50. The van der Waals surface area contributed by atoms with Gasteiger partial charge in [0, 0.05) is 65.6 Å². The Hall–Kier alpha value is -9.69. The fraction of sp³-hybridized carbons (Fsp3) is 0. The molecule has 14 aromatic rings. The second kappa shape index (κ2) is 14.7. The van der Waals surface area contributed by atoms with Crippen LogP contribution in [0.25, 0.3) is 121 Å². The Labute approximate surface area is 394 Å². The summed E-state index contributed by atoms with van der Waals surface area (Å²) in [5, 5.41) is 29.7. The van der Waals surface area contributed by atoms with Crippen molar-refractivity contribution in [3.05, 3.63) is 229 Å². The van der Waals surface area contributed by atoms with Gasteiger partial charge >= 0.3 is 0 Å². The predicted octanol–water partition coefficient (Wildman–Crippen LogP) is 15.6. The van der Waals surface area contributed by atoms with E-state index in [1.165, 1.54) is 27.6 Å². The van der Waals surface area contributed by atoms with Crippen molar-refractivity contribution in [2.75, 3.05) is 0 Å². The molecule has 320 valence electrons. The zero-order valence-corrected chi connectivity index (χ0v) is 36.8. The van der Waals surface area contributed by atoms with Crippen molar-refractivity contribution in [3.63, 3.8) is 0 Å². The number of hydrogen-bond acceptors (Lipinski definition) is 2. The van der Waals surface area contributed by atoms with Crippen molar-refractivity contribution < 1.29 is 4.39 Å². The first-order chi connectivity index (χ1) is 34.1. The molecule has 7 heteroatoms. The highest BCUT2D eigenvalue weighted by atomic mass is 19.1. The van der Waals surface area contributed by atoms with Gasteiger partial charge in [-0.25, -0.2) is 4.39 Å². The van der Waals surface area contributed by atoms with Gasteiger partial charge in [-0.3, -0.25) is 0 Å². The average Bonchev–Trinajstić information content (AvgIpc) is 4.13. The lowest BCUT2D eigenvalue weighted by Crippen LogP contribution is -2.06. The van der Waals surface area contributed by atoms with E-state index in [1.54, 1.807) is 12.1 Å². The fourth-order valence-corrected chi connectivity index (χ4v) is 11.2. The van der Waals surface area contributed by atoms with Crippen LogP contribution in [0.4, 0.5) is 4.39 Å². The first-order valence-electron chi connectivity index (χ1n) is 22.9. The number of fused-ring (bicyclic) bond motifs is 12. The Morgan fingerprint density at radius 1 is 0.304 bits per heavy atom. The number of rotatable bonds is 5. The molecule has 0 bridgehead atoms.